The number of rotatable bonds is 3. The van der Waals surface area contributed by atoms with Gasteiger partial charge in [-0.2, -0.15) is 5.06 Å². The van der Waals surface area contributed by atoms with Gasteiger partial charge in [-0.3, -0.25) is 4.79 Å². The number of piperidine rings is 1. The van der Waals surface area contributed by atoms with Crippen LogP contribution in [0.4, 0.5) is 0 Å². The molecule has 0 aromatic rings. The fraction of sp³-hybridized carbons (Fsp3) is 0.875. The van der Waals surface area contributed by atoms with Crippen LogP contribution in [0, 0.1) is 0 Å². The SMILES string of the molecule is CNC1(C(=O)O)CCN(OC)CC1.Cl. The Hall–Kier alpha value is -0.360. The Morgan fingerprint density at radius 1 is 1.50 bits per heavy atom. The van der Waals surface area contributed by atoms with Gasteiger partial charge in [0.05, 0.1) is 7.11 Å². The Balaban J connectivity index is 0.00000169. The molecule has 1 aliphatic rings. The molecule has 0 amide bonds. The van der Waals surface area contributed by atoms with Gasteiger partial charge in [0.2, 0.25) is 0 Å². The molecule has 1 heterocycles. The van der Waals surface area contributed by atoms with E-state index in [1.54, 1.807) is 19.2 Å². The van der Waals surface area contributed by atoms with E-state index in [0.29, 0.717) is 25.9 Å². The summed E-state index contributed by atoms with van der Waals surface area (Å²) in [6, 6.07) is 0. The number of likely N-dealkylation sites (N-methyl/N-ethyl adjacent to an activating group) is 1. The van der Waals surface area contributed by atoms with Gasteiger partial charge in [0.15, 0.2) is 0 Å². The van der Waals surface area contributed by atoms with Gasteiger partial charge in [-0.25, -0.2) is 0 Å². The highest BCUT2D eigenvalue weighted by atomic mass is 35.5. The number of carbonyl (C=O) groups is 1. The summed E-state index contributed by atoms with van der Waals surface area (Å²) in [5.41, 5.74) is -0.755. The summed E-state index contributed by atoms with van der Waals surface area (Å²) in [6.07, 6.45) is 1.15. The van der Waals surface area contributed by atoms with Crippen LogP contribution in [-0.2, 0) is 9.63 Å². The molecular weight excluding hydrogens is 208 g/mol. The van der Waals surface area contributed by atoms with Crippen LogP contribution in [0.25, 0.3) is 0 Å². The molecule has 0 atom stereocenters. The van der Waals surface area contributed by atoms with Crippen LogP contribution >= 0.6 is 12.4 Å². The van der Waals surface area contributed by atoms with Crippen molar-refractivity contribution in [2.75, 3.05) is 27.2 Å². The molecule has 0 unspecified atom stereocenters. The Morgan fingerprint density at radius 3 is 2.29 bits per heavy atom. The van der Waals surface area contributed by atoms with E-state index in [-0.39, 0.29) is 12.4 Å². The molecule has 1 rings (SSSR count). The van der Waals surface area contributed by atoms with E-state index in [1.165, 1.54) is 0 Å². The van der Waals surface area contributed by atoms with Crippen molar-refractivity contribution in [3.8, 4) is 0 Å². The summed E-state index contributed by atoms with van der Waals surface area (Å²) in [7, 11) is 3.30. The van der Waals surface area contributed by atoms with Crippen molar-refractivity contribution in [3.63, 3.8) is 0 Å². The lowest BCUT2D eigenvalue weighted by molar-refractivity contribution is -0.167. The quantitative estimate of drug-likeness (QED) is 0.713. The number of halogens is 1. The highest BCUT2D eigenvalue weighted by Gasteiger charge is 2.40. The molecule has 5 nitrogen and oxygen atoms in total. The van der Waals surface area contributed by atoms with E-state index in [2.05, 4.69) is 5.32 Å². The van der Waals surface area contributed by atoms with Gasteiger partial charge < -0.3 is 15.3 Å². The molecule has 6 heteroatoms. The smallest absolute Gasteiger partial charge is 0.323 e. The Labute approximate surface area is 89.8 Å². The van der Waals surface area contributed by atoms with Gasteiger partial charge in [-0.1, -0.05) is 0 Å². The van der Waals surface area contributed by atoms with Gasteiger partial charge in [0.25, 0.3) is 0 Å². The molecule has 0 bridgehead atoms. The number of hydrogen-bond acceptors (Lipinski definition) is 4. The number of hydrogen-bond donors (Lipinski definition) is 2. The van der Waals surface area contributed by atoms with Crippen molar-refractivity contribution in [1.82, 2.24) is 10.4 Å². The normalized spacial score (nSPS) is 21.3. The van der Waals surface area contributed by atoms with Crippen molar-refractivity contribution >= 4 is 18.4 Å². The van der Waals surface area contributed by atoms with Crippen LogP contribution in [0.15, 0.2) is 0 Å². The van der Waals surface area contributed by atoms with E-state index < -0.39 is 11.5 Å². The average molecular weight is 225 g/mol. The van der Waals surface area contributed by atoms with Crippen molar-refractivity contribution < 1.29 is 14.7 Å². The minimum absolute atomic E-state index is 0. The molecular formula is C8H17ClN2O3. The van der Waals surface area contributed by atoms with Crippen LogP contribution < -0.4 is 5.32 Å². The van der Waals surface area contributed by atoms with E-state index in [4.69, 9.17) is 9.94 Å². The van der Waals surface area contributed by atoms with E-state index in [0.717, 1.165) is 0 Å². The molecule has 1 saturated heterocycles. The molecule has 0 spiro atoms. The Bertz CT molecular complexity index is 193. The zero-order chi connectivity index (χ0) is 9.90. The third-order valence-electron chi connectivity index (χ3n) is 2.72. The number of carboxylic acids is 1. The first-order chi connectivity index (χ1) is 6.14. The molecule has 0 aromatic heterocycles. The summed E-state index contributed by atoms with van der Waals surface area (Å²) < 4.78 is 0. The number of nitrogens with zero attached hydrogens (tertiary/aromatic N) is 1. The lowest BCUT2D eigenvalue weighted by Crippen LogP contribution is -2.56. The first kappa shape index (κ1) is 13.6. The molecule has 84 valence electrons. The zero-order valence-electron chi connectivity index (χ0n) is 8.45. The molecule has 2 N–H and O–H groups in total. The van der Waals surface area contributed by atoms with Crippen LogP contribution in [0.2, 0.25) is 0 Å². The summed E-state index contributed by atoms with van der Waals surface area (Å²) in [4.78, 5) is 16.0. The second-order valence-corrected chi connectivity index (χ2v) is 3.25. The predicted octanol–water partition coefficient (Wildman–Crippen LogP) is 0.108. The third kappa shape index (κ3) is 2.57. The molecule has 0 saturated carbocycles. The number of carboxylic acid groups (broad SMARTS) is 1. The van der Waals surface area contributed by atoms with Crippen LogP contribution in [0.5, 0.6) is 0 Å². The summed E-state index contributed by atoms with van der Waals surface area (Å²) in [5.74, 6) is -0.772. The van der Waals surface area contributed by atoms with Crippen LogP contribution in [0.1, 0.15) is 12.8 Å². The molecule has 1 aliphatic heterocycles. The predicted molar refractivity (Wildman–Crippen MR) is 54.5 cm³/mol. The highest BCUT2D eigenvalue weighted by Crippen LogP contribution is 2.21. The fourth-order valence-electron chi connectivity index (χ4n) is 1.62. The molecule has 0 aliphatic carbocycles. The Kier molecular flexibility index (Phi) is 5.36. The second-order valence-electron chi connectivity index (χ2n) is 3.25. The zero-order valence-corrected chi connectivity index (χ0v) is 9.26. The lowest BCUT2D eigenvalue weighted by atomic mass is 9.88. The van der Waals surface area contributed by atoms with Gasteiger partial charge in [-0.15, -0.1) is 12.4 Å². The van der Waals surface area contributed by atoms with E-state index in [1.807, 2.05) is 0 Å². The maximum atomic E-state index is 11.0. The first-order valence-electron chi connectivity index (χ1n) is 4.36. The monoisotopic (exact) mass is 224 g/mol. The maximum Gasteiger partial charge on any atom is 0.323 e. The van der Waals surface area contributed by atoms with Gasteiger partial charge in [-0.05, 0) is 19.9 Å². The van der Waals surface area contributed by atoms with Crippen molar-refractivity contribution in [2.24, 2.45) is 0 Å². The average Bonchev–Trinajstić information content (AvgIpc) is 2.17. The Morgan fingerprint density at radius 2 is 2.00 bits per heavy atom. The number of aliphatic carboxylic acids is 1. The molecule has 0 radical (unpaired) electrons. The van der Waals surface area contributed by atoms with Crippen LogP contribution in [-0.4, -0.2) is 48.9 Å². The fourth-order valence-corrected chi connectivity index (χ4v) is 1.62. The van der Waals surface area contributed by atoms with E-state index >= 15 is 0 Å². The minimum Gasteiger partial charge on any atom is -0.480 e. The number of hydroxylamine groups is 2. The van der Waals surface area contributed by atoms with Gasteiger partial charge in [0.1, 0.15) is 5.54 Å². The molecule has 0 aromatic carbocycles. The minimum atomic E-state index is -0.772. The largest absolute Gasteiger partial charge is 0.480 e. The maximum absolute atomic E-state index is 11.0. The van der Waals surface area contributed by atoms with Crippen molar-refractivity contribution in [2.45, 2.75) is 18.4 Å². The van der Waals surface area contributed by atoms with Crippen molar-refractivity contribution in [1.29, 1.82) is 0 Å². The van der Waals surface area contributed by atoms with E-state index in [9.17, 15) is 4.79 Å². The standard InChI is InChI=1S/C8H16N2O3.ClH/c1-9-8(7(11)12)3-5-10(13-2)6-4-8;/h9H,3-6H2,1-2H3,(H,11,12);1H. The molecule has 1 fully saturated rings. The summed E-state index contributed by atoms with van der Waals surface area (Å²) in [5, 5.41) is 13.7. The van der Waals surface area contributed by atoms with Crippen molar-refractivity contribution in [3.05, 3.63) is 0 Å². The summed E-state index contributed by atoms with van der Waals surface area (Å²) >= 11 is 0. The number of nitrogens with one attached hydrogen (secondary N) is 1. The molecule has 14 heavy (non-hydrogen) atoms. The third-order valence-corrected chi connectivity index (χ3v) is 2.72. The summed E-state index contributed by atoms with van der Waals surface area (Å²) in [6.45, 7) is 1.31. The second kappa shape index (κ2) is 5.50. The highest BCUT2D eigenvalue weighted by molar-refractivity contribution is 5.85. The first-order valence-corrected chi connectivity index (χ1v) is 4.36. The van der Waals surface area contributed by atoms with Gasteiger partial charge >= 0.3 is 5.97 Å². The lowest BCUT2D eigenvalue weighted by Gasteiger charge is -2.37. The topological polar surface area (TPSA) is 61.8 Å². The van der Waals surface area contributed by atoms with Gasteiger partial charge in [0, 0.05) is 13.1 Å². The van der Waals surface area contributed by atoms with Crippen LogP contribution in [0.3, 0.4) is 0 Å².